The first-order valence-corrected chi connectivity index (χ1v) is 7.75. The van der Waals surface area contributed by atoms with Crippen molar-refractivity contribution >= 4 is 33.2 Å². The first kappa shape index (κ1) is 14.0. The number of carbonyl (C=O) groups is 1. The molecule has 2 N–H and O–H groups in total. The third-order valence-electron chi connectivity index (χ3n) is 2.77. The van der Waals surface area contributed by atoms with Crippen LogP contribution in [0.1, 0.15) is 6.42 Å². The van der Waals surface area contributed by atoms with Gasteiger partial charge in [-0.05, 0) is 18.2 Å². The molecule has 1 aliphatic heterocycles. The Kier molecular flexibility index (Phi) is 3.60. The van der Waals surface area contributed by atoms with E-state index in [0.29, 0.717) is 10.7 Å². The Labute approximate surface area is 116 Å². The molecule has 0 aliphatic carbocycles. The molecule has 2 rings (SSSR count). The molecule has 1 atom stereocenters. The molecule has 1 unspecified atom stereocenters. The molecule has 0 bridgehead atoms. The van der Waals surface area contributed by atoms with Crippen LogP contribution in [0.3, 0.4) is 0 Å². The van der Waals surface area contributed by atoms with Crippen molar-refractivity contribution in [3.63, 3.8) is 0 Å². The highest BCUT2D eigenvalue weighted by atomic mass is 35.5. The second kappa shape index (κ2) is 4.90. The van der Waals surface area contributed by atoms with Gasteiger partial charge in [0, 0.05) is 18.0 Å². The molecule has 1 aromatic rings. The summed E-state index contributed by atoms with van der Waals surface area (Å²) in [5.41, 5.74) is 5.54. The van der Waals surface area contributed by atoms with E-state index in [0.717, 1.165) is 10.6 Å². The standard InChI is InChI=1S/C11H13ClN2O4S/c1-19(16,17)14-5-4-10(11(13)15)18-9-3-2-7(12)6-8(9)14/h2-3,6,10H,4-5H2,1H3,(H2,13,15). The Bertz CT molecular complexity index is 617. The lowest BCUT2D eigenvalue weighted by Crippen LogP contribution is -2.36. The van der Waals surface area contributed by atoms with Gasteiger partial charge in [-0.25, -0.2) is 8.42 Å². The maximum absolute atomic E-state index is 11.8. The van der Waals surface area contributed by atoms with Gasteiger partial charge in [0.2, 0.25) is 10.0 Å². The fourth-order valence-electron chi connectivity index (χ4n) is 1.90. The van der Waals surface area contributed by atoms with Crippen molar-refractivity contribution in [2.45, 2.75) is 12.5 Å². The summed E-state index contributed by atoms with van der Waals surface area (Å²) in [6.45, 7) is 0.111. The summed E-state index contributed by atoms with van der Waals surface area (Å²) in [5.74, 6) is -0.354. The van der Waals surface area contributed by atoms with E-state index < -0.39 is 22.0 Å². The summed E-state index contributed by atoms with van der Waals surface area (Å²) in [6.07, 6.45) is 0.420. The quantitative estimate of drug-likeness (QED) is 0.872. The number of sulfonamides is 1. The first-order valence-electron chi connectivity index (χ1n) is 5.52. The lowest BCUT2D eigenvalue weighted by Gasteiger charge is -2.21. The van der Waals surface area contributed by atoms with Gasteiger partial charge < -0.3 is 10.5 Å². The lowest BCUT2D eigenvalue weighted by molar-refractivity contribution is -0.124. The van der Waals surface area contributed by atoms with Crippen LogP contribution in [0.4, 0.5) is 5.69 Å². The average molecular weight is 305 g/mol. The molecule has 8 heteroatoms. The molecule has 1 heterocycles. The van der Waals surface area contributed by atoms with Gasteiger partial charge in [-0.1, -0.05) is 11.6 Å². The minimum atomic E-state index is -3.49. The number of nitrogens with two attached hydrogens (primary N) is 1. The van der Waals surface area contributed by atoms with Gasteiger partial charge in [0.15, 0.2) is 6.10 Å². The largest absolute Gasteiger partial charge is 0.478 e. The first-order chi connectivity index (χ1) is 8.79. The van der Waals surface area contributed by atoms with E-state index in [-0.39, 0.29) is 18.7 Å². The summed E-state index contributed by atoms with van der Waals surface area (Å²) in [6, 6.07) is 4.57. The molecule has 0 spiro atoms. The zero-order valence-corrected chi connectivity index (χ0v) is 11.7. The molecule has 6 nitrogen and oxygen atoms in total. The second-order valence-electron chi connectivity index (χ2n) is 4.24. The average Bonchev–Trinajstić information content (AvgIpc) is 2.47. The van der Waals surface area contributed by atoms with Gasteiger partial charge in [-0.15, -0.1) is 0 Å². The molecule has 0 aromatic heterocycles. The van der Waals surface area contributed by atoms with Gasteiger partial charge in [0.25, 0.3) is 5.91 Å². The van der Waals surface area contributed by atoms with Crippen molar-refractivity contribution in [1.82, 2.24) is 0 Å². The molecular weight excluding hydrogens is 292 g/mol. The van der Waals surface area contributed by atoms with Crippen LogP contribution in [0, 0.1) is 0 Å². The Morgan fingerprint density at radius 3 is 2.79 bits per heavy atom. The van der Waals surface area contributed by atoms with Crippen LogP contribution in [0.15, 0.2) is 18.2 Å². The van der Waals surface area contributed by atoms with E-state index in [9.17, 15) is 13.2 Å². The zero-order valence-electron chi connectivity index (χ0n) is 10.2. The van der Waals surface area contributed by atoms with Crippen molar-refractivity contribution in [2.24, 2.45) is 5.73 Å². The topological polar surface area (TPSA) is 89.7 Å². The number of rotatable bonds is 2. The molecule has 19 heavy (non-hydrogen) atoms. The van der Waals surface area contributed by atoms with Crippen molar-refractivity contribution < 1.29 is 17.9 Å². The van der Waals surface area contributed by atoms with Crippen LogP contribution < -0.4 is 14.8 Å². The Hall–Kier alpha value is -1.47. The number of benzene rings is 1. The third kappa shape index (κ3) is 2.93. The van der Waals surface area contributed by atoms with Gasteiger partial charge in [-0.3, -0.25) is 9.10 Å². The minimum absolute atomic E-state index is 0.111. The van der Waals surface area contributed by atoms with Crippen LogP contribution in [-0.4, -0.2) is 33.2 Å². The fourth-order valence-corrected chi connectivity index (χ4v) is 3.00. The number of halogens is 1. The van der Waals surface area contributed by atoms with E-state index in [2.05, 4.69) is 0 Å². The summed E-state index contributed by atoms with van der Waals surface area (Å²) in [7, 11) is -3.49. The Morgan fingerprint density at radius 1 is 1.53 bits per heavy atom. The van der Waals surface area contributed by atoms with Gasteiger partial charge >= 0.3 is 0 Å². The van der Waals surface area contributed by atoms with Crippen LogP contribution in [0.5, 0.6) is 5.75 Å². The molecule has 1 amide bonds. The third-order valence-corrected chi connectivity index (χ3v) is 4.19. The van der Waals surface area contributed by atoms with Crippen molar-refractivity contribution in [3.8, 4) is 5.75 Å². The van der Waals surface area contributed by atoms with Crippen LogP contribution in [-0.2, 0) is 14.8 Å². The van der Waals surface area contributed by atoms with Crippen LogP contribution in [0.25, 0.3) is 0 Å². The Balaban J connectivity index is 2.53. The summed E-state index contributed by atoms with van der Waals surface area (Å²) in [4.78, 5) is 11.2. The normalized spacial score (nSPS) is 19.3. The van der Waals surface area contributed by atoms with Crippen molar-refractivity contribution in [3.05, 3.63) is 23.2 Å². The predicted molar refractivity (Wildman–Crippen MR) is 71.9 cm³/mol. The summed E-state index contributed by atoms with van der Waals surface area (Å²) >= 11 is 5.88. The van der Waals surface area contributed by atoms with Crippen LogP contribution >= 0.6 is 11.6 Å². The number of hydrogen-bond donors (Lipinski definition) is 1. The maximum atomic E-state index is 11.8. The molecule has 0 saturated heterocycles. The summed E-state index contributed by atoms with van der Waals surface area (Å²) in [5, 5.41) is 0.383. The molecule has 0 fully saturated rings. The van der Waals surface area contributed by atoms with Gasteiger partial charge in [-0.2, -0.15) is 0 Å². The number of carbonyl (C=O) groups excluding carboxylic acids is 1. The number of anilines is 1. The lowest BCUT2D eigenvalue weighted by atomic mass is 10.2. The highest BCUT2D eigenvalue weighted by Crippen LogP contribution is 2.36. The van der Waals surface area contributed by atoms with E-state index >= 15 is 0 Å². The van der Waals surface area contributed by atoms with Gasteiger partial charge in [0.1, 0.15) is 5.75 Å². The van der Waals surface area contributed by atoms with E-state index in [4.69, 9.17) is 22.1 Å². The number of nitrogens with zero attached hydrogens (tertiary/aromatic N) is 1. The van der Waals surface area contributed by atoms with E-state index in [1.807, 2.05) is 0 Å². The molecule has 0 radical (unpaired) electrons. The van der Waals surface area contributed by atoms with Crippen LogP contribution in [0.2, 0.25) is 5.02 Å². The summed E-state index contributed by atoms with van der Waals surface area (Å²) < 4.78 is 30.2. The molecular formula is C11H13ClN2O4S. The minimum Gasteiger partial charge on any atom is -0.478 e. The number of primary amides is 1. The smallest absolute Gasteiger partial charge is 0.258 e. The number of ether oxygens (including phenoxy) is 1. The molecule has 1 aliphatic rings. The van der Waals surface area contributed by atoms with Gasteiger partial charge in [0.05, 0.1) is 11.9 Å². The number of hydrogen-bond acceptors (Lipinski definition) is 4. The van der Waals surface area contributed by atoms with Crippen molar-refractivity contribution in [1.29, 1.82) is 0 Å². The number of amides is 1. The Morgan fingerprint density at radius 2 is 2.21 bits per heavy atom. The van der Waals surface area contributed by atoms with Crippen molar-refractivity contribution in [2.75, 3.05) is 17.1 Å². The number of fused-ring (bicyclic) bond motifs is 1. The SMILES string of the molecule is CS(=O)(=O)N1CCC(C(N)=O)Oc2ccc(Cl)cc21. The highest BCUT2D eigenvalue weighted by molar-refractivity contribution is 7.92. The monoisotopic (exact) mass is 304 g/mol. The molecule has 104 valence electrons. The molecule has 0 saturated carbocycles. The molecule has 1 aromatic carbocycles. The van der Waals surface area contributed by atoms with E-state index in [1.165, 1.54) is 12.1 Å². The predicted octanol–water partition coefficient (Wildman–Crippen LogP) is 0.742. The van der Waals surface area contributed by atoms with E-state index in [1.54, 1.807) is 6.07 Å². The maximum Gasteiger partial charge on any atom is 0.258 e. The second-order valence-corrected chi connectivity index (χ2v) is 6.59. The zero-order chi connectivity index (χ0) is 14.2. The highest BCUT2D eigenvalue weighted by Gasteiger charge is 2.30. The fraction of sp³-hybridized carbons (Fsp3) is 0.364.